The van der Waals surface area contributed by atoms with Gasteiger partial charge < -0.3 is 11.1 Å². The first-order valence-electron chi connectivity index (χ1n) is 6.53. The molecule has 0 aliphatic heterocycles. The lowest BCUT2D eigenvalue weighted by molar-refractivity contribution is -0.128. The molecule has 3 N–H and O–H groups in total. The lowest BCUT2D eigenvalue weighted by Crippen LogP contribution is -2.55. The summed E-state index contributed by atoms with van der Waals surface area (Å²) in [5.41, 5.74) is 6.53. The molecule has 100 valence electrons. The van der Waals surface area contributed by atoms with Gasteiger partial charge in [-0.25, -0.2) is 4.98 Å². The monoisotopic (exact) mass is 267 g/mol. The number of carbonyl (C=O) groups is 1. The van der Waals surface area contributed by atoms with E-state index in [1.54, 1.807) is 11.3 Å². The van der Waals surface area contributed by atoms with Crippen LogP contribution in [0.1, 0.15) is 55.8 Å². The largest absolute Gasteiger partial charge is 0.346 e. The molecule has 1 aromatic heterocycles. The molecule has 1 saturated carbocycles. The van der Waals surface area contributed by atoms with Gasteiger partial charge in [0.15, 0.2) is 0 Å². The minimum absolute atomic E-state index is 0.0254. The minimum atomic E-state index is -0.668. The van der Waals surface area contributed by atoms with Gasteiger partial charge in [0.2, 0.25) is 5.91 Å². The number of aryl methyl sites for hydroxylation is 1. The molecule has 18 heavy (non-hydrogen) atoms. The normalized spacial score (nSPS) is 20.4. The molecule has 1 unspecified atom stereocenters. The minimum Gasteiger partial charge on any atom is -0.346 e. The Morgan fingerprint density at radius 2 is 2.17 bits per heavy atom. The Morgan fingerprint density at radius 3 is 2.72 bits per heavy atom. The van der Waals surface area contributed by atoms with Crippen molar-refractivity contribution >= 4 is 17.2 Å². The maximum atomic E-state index is 12.3. The van der Waals surface area contributed by atoms with E-state index in [9.17, 15) is 4.79 Å². The quantitative estimate of drug-likeness (QED) is 0.883. The molecule has 1 aliphatic carbocycles. The van der Waals surface area contributed by atoms with Crippen molar-refractivity contribution in [3.8, 4) is 0 Å². The fourth-order valence-corrected chi connectivity index (χ4v) is 3.19. The Hall–Kier alpha value is -0.940. The predicted molar refractivity (Wildman–Crippen MR) is 73.4 cm³/mol. The van der Waals surface area contributed by atoms with Crippen LogP contribution in [0.2, 0.25) is 0 Å². The SMILES string of the molecule is Cc1csc(C(C)NC(=O)C2(N)CCCCC2)n1. The number of hydrogen-bond acceptors (Lipinski definition) is 4. The van der Waals surface area contributed by atoms with E-state index >= 15 is 0 Å². The summed E-state index contributed by atoms with van der Waals surface area (Å²) in [6, 6.07) is -0.0569. The number of rotatable bonds is 3. The highest BCUT2D eigenvalue weighted by Crippen LogP contribution is 2.27. The van der Waals surface area contributed by atoms with E-state index in [0.29, 0.717) is 0 Å². The van der Waals surface area contributed by atoms with Gasteiger partial charge in [-0.05, 0) is 26.7 Å². The highest BCUT2D eigenvalue weighted by atomic mass is 32.1. The summed E-state index contributed by atoms with van der Waals surface area (Å²) in [5, 5.41) is 5.95. The molecule has 0 radical (unpaired) electrons. The summed E-state index contributed by atoms with van der Waals surface area (Å²) >= 11 is 1.58. The van der Waals surface area contributed by atoms with Crippen molar-refractivity contribution in [1.82, 2.24) is 10.3 Å². The molecule has 1 amide bonds. The second-order valence-electron chi connectivity index (χ2n) is 5.24. The van der Waals surface area contributed by atoms with E-state index in [-0.39, 0.29) is 11.9 Å². The van der Waals surface area contributed by atoms with Crippen molar-refractivity contribution in [2.24, 2.45) is 5.73 Å². The molecule has 1 aromatic rings. The third-order valence-electron chi connectivity index (χ3n) is 3.55. The maximum absolute atomic E-state index is 12.3. The van der Waals surface area contributed by atoms with Gasteiger partial charge in [-0.15, -0.1) is 11.3 Å². The Morgan fingerprint density at radius 1 is 1.50 bits per heavy atom. The Balaban J connectivity index is 1.98. The summed E-state index contributed by atoms with van der Waals surface area (Å²) in [7, 11) is 0. The zero-order valence-electron chi connectivity index (χ0n) is 11.0. The first-order valence-corrected chi connectivity index (χ1v) is 7.41. The molecule has 5 heteroatoms. The first-order chi connectivity index (χ1) is 8.51. The number of carbonyl (C=O) groups excluding carboxylic acids is 1. The van der Waals surface area contributed by atoms with Crippen molar-refractivity contribution in [2.75, 3.05) is 0 Å². The van der Waals surface area contributed by atoms with Crippen molar-refractivity contribution in [1.29, 1.82) is 0 Å². The third-order valence-corrected chi connectivity index (χ3v) is 4.70. The topological polar surface area (TPSA) is 68.0 Å². The van der Waals surface area contributed by atoms with Crippen LogP contribution < -0.4 is 11.1 Å². The van der Waals surface area contributed by atoms with Crippen LogP contribution in [-0.4, -0.2) is 16.4 Å². The molecule has 1 atom stereocenters. The van der Waals surface area contributed by atoms with Gasteiger partial charge in [0.05, 0.1) is 11.6 Å². The summed E-state index contributed by atoms with van der Waals surface area (Å²) in [4.78, 5) is 16.6. The summed E-state index contributed by atoms with van der Waals surface area (Å²) < 4.78 is 0. The summed E-state index contributed by atoms with van der Waals surface area (Å²) in [6.45, 7) is 3.92. The van der Waals surface area contributed by atoms with Crippen LogP contribution in [0.25, 0.3) is 0 Å². The van der Waals surface area contributed by atoms with Crippen LogP contribution in [0.3, 0.4) is 0 Å². The number of nitrogens with two attached hydrogens (primary N) is 1. The van der Waals surface area contributed by atoms with Crippen LogP contribution in [0.5, 0.6) is 0 Å². The van der Waals surface area contributed by atoms with Crippen molar-refractivity contribution in [3.05, 3.63) is 16.1 Å². The highest BCUT2D eigenvalue weighted by Gasteiger charge is 2.36. The fourth-order valence-electron chi connectivity index (χ4n) is 2.38. The maximum Gasteiger partial charge on any atom is 0.240 e. The molecular weight excluding hydrogens is 246 g/mol. The molecule has 4 nitrogen and oxygen atoms in total. The molecule has 1 aliphatic rings. The third kappa shape index (κ3) is 2.90. The average molecular weight is 267 g/mol. The van der Waals surface area contributed by atoms with E-state index in [0.717, 1.165) is 36.4 Å². The highest BCUT2D eigenvalue weighted by molar-refractivity contribution is 7.09. The van der Waals surface area contributed by atoms with Crippen LogP contribution >= 0.6 is 11.3 Å². The number of amides is 1. The Kier molecular flexibility index (Phi) is 4.02. The van der Waals surface area contributed by atoms with Gasteiger partial charge in [-0.3, -0.25) is 4.79 Å². The Bertz CT molecular complexity index is 424. The van der Waals surface area contributed by atoms with E-state index in [1.165, 1.54) is 6.42 Å². The van der Waals surface area contributed by atoms with Gasteiger partial charge in [-0.2, -0.15) is 0 Å². The van der Waals surface area contributed by atoms with Gasteiger partial charge in [0.25, 0.3) is 0 Å². The van der Waals surface area contributed by atoms with E-state index in [1.807, 2.05) is 19.2 Å². The summed E-state index contributed by atoms with van der Waals surface area (Å²) in [5.74, 6) is -0.0254. The smallest absolute Gasteiger partial charge is 0.240 e. The summed E-state index contributed by atoms with van der Waals surface area (Å²) in [6.07, 6.45) is 4.88. The molecular formula is C13H21N3OS. The predicted octanol–water partition coefficient (Wildman–Crippen LogP) is 2.29. The molecule has 2 rings (SSSR count). The molecule has 0 aromatic carbocycles. The van der Waals surface area contributed by atoms with Crippen molar-refractivity contribution in [3.63, 3.8) is 0 Å². The van der Waals surface area contributed by atoms with Crippen LogP contribution in [0, 0.1) is 6.92 Å². The first kappa shape index (κ1) is 13.5. The standard InChI is InChI=1S/C13H21N3OS/c1-9-8-18-11(15-9)10(2)16-12(17)13(14)6-4-3-5-7-13/h8,10H,3-7,14H2,1-2H3,(H,16,17). The van der Waals surface area contributed by atoms with Crippen molar-refractivity contribution < 1.29 is 4.79 Å². The van der Waals surface area contributed by atoms with Crippen molar-refractivity contribution in [2.45, 2.75) is 57.5 Å². The van der Waals surface area contributed by atoms with Crippen LogP contribution in [-0.2, 0) is 4.79 Å². The van der Waals surface area contributed by atoms with E-state index in [4.69, 9.17) is 5.73 Å². The second kappa shape index (κ2) is 5.36. The second-order valence-corrected chi connectivity index (χ2v) is 6.13. The number of nitrogens with zero attached hydrogens (tertiary/aromatic N) is 1. The van der Waals surface area contributed by atoms with Gasteiger partial charge in [-0.1, -0.05) is 19.3 Å². The molecule has 0 spiro atoms. The molecule has 1 fully saturated rings. The van der Waals surface area contributed by atoms with E-state index < -0.39 is 5.54 Å². The Labute approximate surface area is 112 Å². The fraction of sp³-hybridized carbons (Fsp3) is 0.692. The zero-order chi connectivity index (χ0) is 13.2. The number of hydrogen-bond donors (Lipinski definition) is 2. The number of thiazole rings is 1. The average Bonchev–Trinajstić information content (AvgIpc) is 2.77. The van der Waals surface area contributed by atoms with Crippen LogP contribution in [0.15, 0.2) is 5.38 Å². The molecule has 0 saturated heterocycles. The number of nitrogens with one attached hydrogen (secondary N) is 1. The van der Waals surface area contributed by atoms with Gasteiger partial charge in [0, 0.05) is 11.1 Å². The lowest BCUT2D eigenvalue weighted by Gasteiger charge is -2.32. The van der Waals surface area contributed by atoms with Gasteiger partial charge in [0.1, 0.15) is 5.01 Å². The van der Waals surface area contributed by atoms with Gasteiger partial charge >= 0.3 is 0 Å². The van der Waals surface area contributed by atoms with E-state index in [2.05, 4.69) is 10.3 Å². The zero-order valence-corrected chi connectivity index (χ0v) is 11.8. The lowest BCUT2D eigenvalue weighted by atomic mass is 9.82. The number of aromatic nitrogens is 1. The molecule has 1 heterocycles. The molecule has 0 bridgehead atoms. The van der Waals surface area contributed by atoms with Crippen LogP contribution in [0.4, 0.5) is 0 Å².